The SMILES string of the molecule is Cc1c(C(=O)NCCc2ccc(S(N)(=O)=O)cc2)cnn1C. The lowest BCUT2D eigenvalue weighted by Gasteiger charge is -2.06. The molecule has 0 aliphatic heterocycles. The van der Waals surface area contributed by atoms with Crippen molar-refractivity contribution < 1.29 is 13.2 Å². The van der Waals surface area contributed by atoms with Crippen LogP contribution in [0, 0.1) is 6.92 Å². The second kappa shape index (κ2) is 6.29. The third-order valence-electron chi connectivity index (χ3n) is 3.43. The summed E-state index contributed by atoms with van der Waals surface area (Å²) in [6.07, 6.45) is 2.13. The third kappa shape index (κ3) is 3.71. The number of hydrogen-bond acceptors (Lipinski definition) is 4. The van der Waals surface area contributed by atoms with E-state index in [2.05, 4.69) is 10.4 Å². The number of sulfonamides is 1. The highest BCUT2D eigenvalue weighted by atomic mass is 32.2. The summed E-state index contributed by atoms with van der Waals surface area (Å²) < 4.78 is 23.9. The Balaban J connectivity index is 1.91. The van der Waals surface area contributed by atoms with E-state index in [4.69, 9.17) is 5.14 Å². The zero-order valence-electron chi connectivity index (χ0n) is 12.4. The van der Waals surface area contributed by atoms with Crippen molar-refractivity contribution in [2.45, 2.75) is 18.2 Å². The average molecular weight is 322 g/mol. The van der Waals surface area contributed by atoms with Crippen molar-refractivity contribution in [3.05, 3.63) is 47.3 Å². The molecule has 1 aromatic heterocycles. The Kier molecular flexibility index (Phi) is 4.62. The summed E-state index contributed by atoms with van der Waals surface area (Å²) in [7, 11) is -1.89. The Labute approximate surface area is 129 Å². The Hall–Kier alpha value is -2.19. The van der Waals surface area contributed by atoms with Gasteiger partial charge in [0.05, 0.1) is 16.7 Å². The average Bonchev–Trinajstić information content (AvgIpc) is 2.78. The van der Waals surface area contributed by atoms with Crippen LogP contribution >= 0.6 is 0 Å². The van der Waals surface area contributed by atoms with Crippen LogP contribution in [0.5, 0.6) is 0 Å². The van der Waals surface area contributed by atoms with E-state index in [1.54, 1.807) is 23.9 Å². The van der Waals surface area contributed by atoms with Gasteiger partial charge in [-0.2, -0.15) is 5.10 Å². The number of rotatable bonds is 5. The minimum Gasteiger partial charge on any atom is -0.352 e. The molecule has 0 aliphatic carbocycles. The fourth-order valence-corrected chi connectivity index (χ4v) is 2.50. The molecule has 1 aromatic carbocycles. The number of nitrogens with one attached hydrogen (secondary N) is 1. The van der Waals surface area contributed by atoms with Crippen molar-refractivity contribution in [3.63, 3.8) is 0 Å². The second-order valence-electron chi connectivity index (χ2n) is 4.96. The number of aryl methyl sites for hydroxylation is 1. The summed E-state index contributed by atoms with van der Waals surface area (Å²) in [5.74, 6) is -0.174. The van der Waals surface area contributed by atoms with Crippen LogP contribution in [0.4, 0.5) is 0 Å². The van der Waals surface area contributed by atoms with Gasteiger partial charge in [-0.05, 0) is 31.0 Å². The maximum Gasteiger partial charge on any atom is 0.254 e. The van der Waals surface area contributed by atoms with E-state index >= 15 is 0 Å². The third-order valence-corrected chi connectivity index (χ3v) is 4.36. The minimum atomic E-state index is -3.67. The van der Waals surface area contributed by atoms with Gasteiger partial charge in [0.2, 0.25) is 10.0 Å². The van der Waals surface area contributed by atoms with E-state index in [0.717, 1.165) is 11.3 Å². The largest absolute Gasteiger partial charge is 0.352 e. The molecule has 0 atom stereocenters. The van der Waals surface area contributed by atoms with Gasteiger partial charge in [0, 0.05) is 19.3 Å². The zero-order chi connectivity index (χ0) is 16.3. The Morgan fingerprint density at radius 1 is 1.32 bits per heavy atom. The van der Waals surface area contributed by atoms with Gasteiger partial charge >= 0.3 is 0 Å². The lowest BCUT2D eigenvalue weighted by Crippen LogP contribution is -2.26. The Bertz CT molecular complexity index is 779. The molecule has 0 unspecified atom stereocenters. The number of nitrogens with zero attached hydrogens (tertiary/aromatic N) is 2. The van der Waals surface area contributed by atoms with Crippen molar-refractivity contribution in [2.24, 2.45) is 12.2 Å². The van der Waals surface area contributed by atoms with Crippen LogP contribution in [-0.2, 0) is 23.5 Å². The summed E-state index contributed by atoms with van der Waals surface area (Å²) in [4.78, 5) is 12.1. The van der Waals surface area contributed by atoms with Crippen LogP contribution in [0.1, 0.15) is 21.6 Å². The zero-order valence-corrected chi connectivity index (χ0v) is 13.2. The number of aromatic nitrogens is 2. The van der Waals surface area contributed by atoms with E-state index in [-0.39, 0.29) is 10.8 Å². The summed E-state index contributed by atoms with van der Waals surface area (Å²) in [6.45, 7) is 2.27. The predicted octanol–water partition coefficient (Wildman–Crippen LogP) is 0.348. The molecule has 2 aromatic rings. The number of carbonyl (C=O) groups is 1. The first-order chi connectivity index (χ1) is 10.3. The fraction of sp³-hybridized carbons (Fsp3) is 0.286. The maximum absolute atomic E-state index is 12.0. The van der Waals surface area contributed by atoms with Gasteiger partial charge < -0.3 is 5.32 Å². The van der Waals surface area contributed by atoms with E-state index in [9.17, 15) is 13.2 Å². The molecule has 0 radical (unpaired) electrons. The summed E-state index contributed by atoms with van der Waals surface area (Å²) in [5, 5.41) is 11.9. The van der Waals surface area contributed by atoms with Crippen molar-refractivity contribution in [2.75, 3.05) is 6.54 Å². The Morgan fingerprint density at radius 2 is 1.95 bits per heavy atom. The maximum atomic E-state index is 12.0. The van der Waals surface area contributed by atoms with Crippen LogP contribution in [0.25, 0.3) is 0 Å². The van der Waals surface area contributed by atoms with Crippen molar-refractivity contribution >= 4 is 15.9 Å². The lowest BCUT2D eigenvalue weighted by atomic mass is 10.1. The van der Waals surface area contributed by atoms with Gasteiger partial charge in [-0.3, -0.25) is 9.48 Å². The van der Waals surface area contributed by atoms with Crippen LogP contribution in [0.2, 0.25) is 0 Å². The van der Waals surface area contributed by atoms with Crippen molar-refractivity contribution in [1.82, 2.24) is 15.1 Å². The molecule has 0 spiro atoms. The van der Waals surface area contributed by atoms with E-state index < -0.39 is 10.0 Å². The second-order valence-corrected chi connectivity index (χ2v) is 6.52. The first-order valence-corrected chi connectivity index (χ1v) is 8.22. The van der Waals surface area contributed by atoms with E-state index in [1.165, 1.54) is 18.3 Å². The molecule has 0 bridgehead atoms. The first-order valence-electron chi connectivity index (χ1n) is 6.67. The van der Waals surface area contributed by atoms with Gasteiger partial charge in [-0.25, -0.2) is 13.6 Å². The van der Waals surface area contributed by atoms with Gasteiger partial charge in [0.15, 0.2) is 0 Å². The molecule has 0 saturated carbocycles. The van der Waals surface area contributed by atoms with Crippen LogP contribution < -0.4 is 10.5 Å². The van der Waals surface area contributed by atoms with E-state index in [1.807, 2.05) is 6.92 Å². The summed E-state index contributed by atoms with van der Waals surface area (Å²) in [5.41, 5.74) is 2.26. The standard InChI is InChI=1S/C14H18N4O3S/c1-10-13(9-17-18(10)2)14(19)16-8-7-11-3-5-12(6-4-11)22(15,20)21/h3-6,9H,7-8H2,1-2H3,(H,16,19)(H2,15,20,21). The number of nitrogens with two attached hydrogens (primary N) is 1. The van der Waals surface area contributed by atoms with Gasteiger partial charge in [0.1, 0.15) is 0 Å². The molecule has 0 fully saturated rings. The van der Waals surface area contributed by atoms with Gasteiger partial charge in [-0.15, -0.1) is 0 Å². The van der Waals surface area contributed by atoms with Crippen LogP contribution in [-0.4, -0.2) is 30.7 Å². The monoisotopic (exact) mass is 322 g/mol. The highest BCUT2D eigenvalue weighted by Gasteiger charge is 2.12. The number of benzene rings is 1. The fourth-order valence-electron chi connectivity index (χ4n) is 1.98. The highest BCUT2D eigenvalue weighted by molar-refractivity contribution is 7.89. The van der Waals surface area contributed by atoms with Gasteiger partial charge in [-0.1, -0.05) is 12.1 Å². The topological polar surface area (TPSA) is 107 Å². The van der Waals surface area contributed by atoms with Crippen molar-refractivity contribution in [1.29, 1.82) is 0 Å². The smallest absolute Gasteiger partial charge is 0.254 e. The first kappa shape index (κ1) is 16.2. The van der Waals surface area contributed by atoms with Gasteiger partial charge in [0.25, 0.3) is 5.91 Å². The number of hydrogen-bond donors (Lipinski definition) is 2. The quantitative estimate of drug-likeness (QED) is 0.828. The molecule has 7 nitrogen and oxygen atoms in total. The number of amides is 1. The molecule has 2 rings (SSSR count). The summed E-state index contributed by atoms with van der Waals surface area (Å²) >= 11 is 0. The molecule has 118 valence electrons. The molecule has 3 N–H and O–H groups in total. The van der Waals surface area contributed by atoms with E-state index in [0.29, 0.717) is 18.5 Å². The Morgan fingerprint density at radius 3 is 2.45 bits per heavy atom. The molecular weight excluding hydrogens is 304 g/mol. The number of primary sulfonamides is 1. The lowest BCUT2D eigenvalue weighted by molar-refractivity contribution is 0.0953. The van der Waals surface area contributed by atoms with Crippen LogP contribution in [0.15, 0.2) is 35.4 Å². The normalized spacial score (nSPS) is 11.4. The molecule has 0 aliphatic rings. The molecule has 1 amide bonds. The molecule has 0 saturated heterocycles. The predicted molar refractivity (Wildman–Crippen MR) is 81.8 cm³/mol. The molecule has 8 heteroatoms. The minimum absolute atomic E-state index is 0.0753. The molecule has 22 heavy (non-hydrogen) atoms. The van der Waals surface area contributed by atoms with Crippen molar-refractivity contribution in [3.8, 4) is 0 Å². The number of carbonyl (C=O) groups excluding carboxylic acids is 1. The molecule has 1 heterocycles. The molecular formula is C14H18N4O3S. The summed E-state index contributed by atoms with van der Waals surface area (Å²) in [6, 6.07) is 6.28. The van der Waals surface area contributed by atoms with Crippen LogP contribution in [0.3, 0.4) is 0 Å². The highest BCUT2D eigenvalue weighted by Crippen LogP contribution is 2.09.